The molecule has 0 aromatic carbocycles. The second-order valence-corrected chi connectivity index (χ2v) is 15.8. The van der Waals surface area contributed by atoms with Crippen molar-refractivity contribution in [2.75, 3.05) is 0 Å². The fourth-order valence-electron chi connectivity index (χ4n) is 9.62. The Hall–Kier alpha value is -3.16. The number of fused-ring (bicyclic) bond motifs is 1. The Kier molecular flexibility index (Phi) is 11.1. The molecule has 0 bridgehead atoms. The van der Waals surface area contributed by atoms with Gasteiger partial charge in [0.15, 0.2) is 0 Å². The minimum atomic E-state index is 0.279. The van der Waals surface area contributed by atoms with Crippen molar-refractivity contribution in [1.29, 1.82) is 0 Å². The van der Waals surface area contributed by atoms with E-state index >= 15 is 0 Å². The van der Waals surface area contributed by atoms with Crippen molar-refractivity contribution in [1.82, 2.24) is 0 Å². The van der Waals surface area contributed by atoms with Crippen LogP contribution in [0.25, 0.3) is 0 Å². The summed E-state index contributed by atoms with van der Waals surface area (Å²) in [5, 5.41) is 0. The summed E-state index contributed by atoms with van der Waals surface area (Å²) in [7, 11) is 0. The highest BCUT2D eigenvalue weighted by Gasteiger charge is 2.36. The lowest BCUT2D eigenvalue weighted by Gasteiger charge is -2.40. The standard InChI is InChI=1S/C47H59N/c1-34-13-12-19-39(26-23-34)47(48)22-11-8-14-35-24-27-38(28-25-35)43-29-30-44(46-21-10-9-20-45(43)46)42-32-40(36-15-4-2-5-16-36)31-41(33-42)37-17-6-3-7-18-37/h2-4,6,9-10,12,15,19-21,23-25,27,32-33,37-39,41,44,46-47H,5,7-8,11,13-14,16-18,22,26,28-31,48H2,1H3. The molecule has 0 aliphatic heterocycles. The van der Waals surface area contributed by atoms with Crippen LogP contribution < -0.4 is 5.73 Å². The summed E-state index contributed by atoms with van der Waals surface area (Å²) >= 11 is 0. The van der Waals surface area contributed by atoms with Crippen molar-refractivity contribution in [2.24, 2.45) is 41.2 Å². The van der Waals surface area contributed by atoms with E-state index in [0.29, 0.717) is 29.6 Å². The van der Waals surface area contributed by atoms with Gasteiger partial charge in [-0.05, 0) is 143 Å². The molecule has 7 atom stereocenters. The van der Waals surface area contributed by atoms with E-state index in [1.54, 1.807) is 27.9 Å². The summed E-state index contributed by atoms with van der Waals surface area (Å²) in [6.45, 7) is 2.23. The predicted octanol–water partition coefficient (Wildman–Crippen LogP) is 12.2. The summed E-state index contributed by atoms with van der Waals surface area (Å²) in [6.07, 6.45) is 59.6. The minimum Gasteiger partial charge on any atom is -0.327 e. The van der Waals surface area contributed by atoms with Crippen LogP contribution in [0.4, 0.5) is 0 Å². The average molecular weight is 638 g/mol. The molecule has 7 unspecified atom stereocenters. The Morgan fingerprint density at radius 3 is 2.62 bits per heavy atom. The van der Waals surface area contributed by atoms with E-state index < -0.39 is 0 Å². The van der Waals surface area contributed by atoms with Crippen molar-refractivity contribution in [2.45, 2.75) is 109 Å². The molecule has 0 spiro atoms. The first-order chi connectivity index (χ1) is 23.6. The van der Waals surface area contributed by atoms with E-state index in [2.05, 4.69) is 110 Å². The van der Waals surface area contributed by atoms with E-state index in [9.17, 15) is 0 Å². The van der Waals surface area contributed by atoms with Crippen LogP contribution >= 0.6 is 0 Å². The van der Waals surface area contributed by atoms with E-state index in [1.165, 1.54) is 81.8 Å². The normalized spacial score (nSPS) is 32.2. The van der Waals surface area contributed by atoms with Crippen LogP contribution in [-0.4, -0.2) is 6.04 Å². The molecular formula is C47H59N. The van der Waals surface area contributed by atoms with E-state index in [1.807, 2.05) is 0 Å². The van der Waals surface area contributed by atoms with Gasteiger partial charge in [-0.3, -0.25) is 0 Å². The monoisotopic (exact) mass is 637 g/mol. The van der Waals surface area contributed by atoms with Crippen molar-refractivity contribution in [3.8, 4) is 0 Å². The SMILES string of the molecule is CC1=CCC(C(N)CCCCC2=CCC(C3=C4C=CC=CC4C(C4=CC(C5CC=CCC5)CC(C5=CC=CCC5)=C4)CC3)C=C2)C=CC1. The number of unbranched alkanes of at least 4 members (excludes halogenated alkanes) is 1. The molecule has 7 aliphatic rings. The molecular weight excluding hydrogens is 579 g/mol. The molecule has 1 heteroatoms. The van der Waals surface area contributed by atoms with E-state index in [0.717, 1.165) is 31.6 Å². The zero-order valence-electron chi connectivity index (χ0n) is 29.5. The third-order valence-electron chi connectivity index (χ3n) is 12.6. The molecule has 0 heterocycles. The van der Waals surface area contributed by atoms with Gasteiger partial charge < -0.3 is 5.73 Å². The highest BCUT2D eigenvalue weighted by atomic mass is 14.6. The van der Waals surface area contributed by atoms with Crippen molar-refractivity contribution in [3.63, 3.8) is 0 Å². The number of allylic oxidation sites excluding steroid dienone is 23. The van der Waals surface area contributed by atoms with Gasteiger partial charge in [0.2, 0.25) is 0 Å². The molecule has 48 heavy (non-hydrogen) atoms. The van der Waals surface area contributed by atoms with Crippen LogP contribution in [0.5, 0.6) is 0 Å². The number of hydrogen-bond donors (Lipinski definition) is 1. The molecule has 7 aliphatic carbocycles. The number of hydrogen-bond acceptors (Lipinski definition) is 1. The van der Waals surface area contributed by atoms with Gasteiger partial charge in [-0.25, -0.2) is 0 Å². The van der Waals surface area contributed by atoms with Crippen LogP contribution in [-0.2, 0) is 0 Å². The predicted molar refractivity (Wildman–Crippen MR) is 206 cm³/mol. The molecule has 252 valence electrons. The Morgan fingerprint density at radius 2 is 1.79 bits per heavy atom. The smallest absolute Gasteiger partial charge is 0.0105 e. The Bertz CT molecular complexity index is 1550. The molecule has 2 N–H and O–H groups in total. The second kappa shape index (κ2) is 16.0. The van der Waals surface area contributed by atoms with Gasteiger partial charge >= 0.3 is 0 Å². The van der Waals surface area contributed by atoms with Gasteiger partial charge in [0.1, 0.15) is 0 Å². The maximum atomic E-state index is 6.64. The fourth-order valence-corrected chi connectivity index (χ4v) is 9.62. The number of nitrogens with two attached hydrogens (primary N) is 1. The van der Waals surface area contributed by atoms with Crippen LogP contribution in [0.3, 0.4) is 0 Å². The van der Waals surface area contributed by atoms with Gasteiger partial charge in [-0.15, -0.1) is 0 Å². The topological polar surface area (TPSA) is 26.0 Å². The van der Waals surface area contributed by atoms with Crippen LogP contribution in [0, 0.1) is 35.5 Å². The molecule has 0 saturated carbocycles. The summed E-state index contributed by atoms with van der Waals surface area (Å²) in [5.41, 5.74) is 17.8. The van der Waals surface area contributed by atoms with Gasteiger partial charge in [-0.2, -0.15) is 0 Å². The van der Waals surface area contributed by atoms with Crippen molar-refractivity contribution >= 4 is 0 Å². The number of rotatable bonds is 10. The van der Waals surface area contributed by atoms with Crippen LogP contribution in [0.15, 0.2) is 142 Å². The lowest BCUT2D eigenvalue weighted by atomic mass is 9.65. The molecule has 7 rings (SSSR count). The fraction of sp³-hybridized carbons (Fsp3) is 0.489. The molecule has 1 nitrogen and oxygen atoms in total. The first kappa shape index (κ1) is 33.3. The first-order valence-corrected chi connectivity index (χ1v) is 19.6. The Labute approximate surface area is 292 Å². The second-order valence-electron chi connectivity index (χ2n) is 15.8. The van der Waals surface area contributed by atoms with Gasteiger partial charge in [-0.1, -0.05) is 126 Å². The zero-order valence-corrected chi connectivity index (χ0v) is 29.5. The molecule has 0 amide bonds. The Balaban J connectivity index is 1.00. The quantitative estimate of drug-likeness (QED) is 0.187. The zero-order chi connectivity index (χ0) is 32.7. The molecule has 0 aromatic rings. The summed E-state index contributed by atoms with van der Waals surface area (Å²) in [6, 6.07) is 0.279. The lowest BCUT2D eigenvalue weighted by molar-refractivity contribution is 0.350. The maximum absolute atomic E-state index is 6.64. The van der Waals surface area contributed by atoms with Gasteiger partial charge in [0.25, 0.3) is 0 Å². The molecule has 0 saturated heterocycles. The van der Waals surface area contributed by atoms with Crippen molar-refractivity contribution < 1.29 is 0 Å². The largest absolute Gasteiger partial charge is 0.327 e. The lowest BCUT2D eigenvalue weighted by Crippen LogP contribution is -2.28. The van der Waals surface area contributed by atoms with E-state index in [4.69, 9.17) is 5.73 Å². The summed E-state index contributed by atoms with van der Waals surface area (Å²) < 4.78 is 0. The Morgan fingerprint density at radius 1 is 0.833 bits per heavy atom. The van der Waals surface area contributed by atoms with E-state index in [-0.39, 0.29) is 6.04 Å². The third kappa shape index (κ3) is 8.00. The third-order valence-corrected chi connectivity index (χ3v) is 12.6. The van der Waals surface area contributed by atoms with Crippen LogP contribution in [0.1, 0.15) is 103 Å². The highest BCUT2D eigenvalue weighted by Crippen LogP contribution is 2.49. The molecule has 0 fully saturated rings. The van der Waals surface area contributed by atoms with Gasteiger partial charge in [0.05, 0.1) is 0 Å². The molecule has 0 aromatic heterocycles. The molecule has 0 radical (unpaired) electrons. The maximum Gasteiger partial charge on any atom is 0.0105 e. The summed E-state index contributed by atoms with van der Waals surface area (Å²) in [4.78, 5) is 0. The minimum absolute atomic E-state index is 0.279. The van der Waals surface area contributed by atoms with Crippen molar-refractivity contribution in [3.05, 3.63) is 142 Å². The average Bonchev–Trinajstić information content (AvgIpc) is 3.38. The summed E-state index contributed by atoms with van der Waals surface area (Å²) in [5.74, 6) is 3.59. The van der Waals surface area contributed by atoms with Gasteiger partial charge in [0, 0.05) is 17.9 Å². The first-order valence-electron chi connectivity index (χ1n) is 19.6. The van der Waals surface area contributed by atoms with Crippen LogP contribution in [0.2, 0.25) is 0 Å². The highest BCUT2D eigenvalue weighted by molar-refractivity contribution is 5.49.